The van der Waals surface area contributed by atoms with Crippen LogP contribution >= 0.6 is 0 Å². The molecule has 1 N–H and O–H groups in total. The molecule has 0 heterocycles. The lowest BCUT2D eigenvalue weighted by Gasteiger charge is -2.37. The highest BCUT2D eigenvalue weighted by atomic mass is 16.3. The molecular weight excluding hydrogens is 186 g/mol. The molecule has 0 aromatic rings. The smallest absolute Gasteiger partial charge is 0.0774 e. The first-order chi connectivity index (χ1) is 7.11. The van der Waals surface area contributed by atoms with Crippen LogP contribution in [0.4, 0.5) is 0 Å². The van der Waals surface area contributed by atoms with Crippen LogP contribution in [0.1, 0.15) is 51.9 Å². The standard InChI is InChI=1S/C13H25NO/c1-11(12-6-7-12)14(2)10-13(15)8-4-3-5-9-13/h11-12,15H,3-10H2,1-2H3. The van der Waals surface area contributed by atoms with Crippen LogP contribution in [-0.2, 0) is 0 Å². The van der Waals surface area contributed by atoms with Gasteiger partial charge in [-0.15, -0.1) is 0 Å². The largest absolute Gasteiger partial charge is 0.389 e. The Morgan fingerprint density at radius 1 is 1.27 bits per heavy atom. The first-order valence-corrected chi connectivity index (χ1v) is 6.53. The van der Waals surface area contributed by atoms with E-state index in [0.717, 1.165) is 25.3 Å². The number of hydrogen-bond acceptors (Lipinski definition) is 2. The van der Waals surface area contributed by atoms with Gasteiger partial charge in [-0.05, 0) is 45.6 Å². The van der Waals surface area contributed by atoms with Gasteiger partial charge in [0.15, 0.2) is 0 Å². The molecule has 0 saturated heterocycles. The average Bonchev–Trinajstić information content (AvgIpc) is 3.00. The van der Waals surface area contributed by atoms with Gasteiger partial charge in [-0.3, -0.25) is 0 Å². The first-order valence-electron chi connectivity index (χ1n) is 6.53. The summed E-state index contributed by atoms with van der Waals surface area (Å²) in [5.41, 5.74) is -0.379. The third kappa shape index (κ3) is 2.94. The summed E-state index contributed by atoms with van der Waals surface area (Å²) in [6.07, 6.45) is 8.53. The summed E-state index contributed by atoms with van der Waals surface area (Å²) >= 11 is 0. The zero-order chi connectivity index (χ0) is 10.9. The molecule has 2 aliphatic rings. The van der Waals surface area contributed by atoms with Crippen molar-refractivity contribution < 1.29 is 5.11 Å². The third-order valence-electron chi connectivity index (χ3n) is 4.33. The summed E-state index contributed by atoms with van der Waals surface area (Å²) in [6, 6.07) is 0.663. The van der Waals surface area contributed by atoms with Crippen LogP contribution in [0, 0.1) is 5.92 Å². The van der Waals surface area contributed by atoms with Gasteiger partial charge in [0.05, 0.1) is 5.60 Å². The van der Waals surface area contributed by atoms with Crippen molar-refractivity contribution in [1.29, 1.82) is 0 Å². The number of hydrogen-bond donors (Lipinski definition) is 1. The highest BCUT2D eigenvalue weighted by Gasteiger charge is 2.35. The molecule has 2 heteroatoms. The molecule has 2 rings (SSSR count). The molecule has 2 nitrogen and oxygen atoms in total. The fraction of sp³-hybridized carbons (Fsp3) is 1.00. The maximum Gasteiger partial charge on any atom is 0.0774 e. The van der Waals surface area contributed by atoms with E-state index in [0.29, 0.717) is 6.04 Å². The topological polar surface area (TPSA) is 23.5 Å². The quantitative estimate of drug-likeness (QED) is 0.772. The Labute approximate surface area is 93.7 Å². The summed E-state index contributed by atoms with van der Waals surface area (Å²) in [6.45, 7) is 3.19. The minimum absolute atomic E-state index is 0.379. The Kier molecular flexibility index (Phi) is 3.36. The molecule has 2 fully saturated rings. The van der Waals surface area contributed by atoms with Crippen molar-refractivity contribution in [3.63, 3.8) is 0 Å². The van der Waals surface area contributed by atoms with Gasteiger partial charge in [-0.2, -0.15) is 0 Å². The van der Waals surface area contributed by atoms with Crippen molar-refractivity contribution in [2.75, 3.05) is 13.6 Å². The van der Waals surface area contributed by atoms with Crippen molar-refractivity contribution in [2.45, 2.75) is 63.5 Å². The molecule has 2 aliphatic carbocycles. The molecule has 0 radical (unpaired) electrons. The zero-order valence-corrected chi connectivity index (χ0v) is 10.2. The summed E-state index contributed by atoms with van der Waals surface area (Å²) in [4.78, 5) is 2.38. The summed E-state index contributed by atoms with van der Waals surface area (Å²) in [5.74, 6) is 0.905. The van der Waals surface area contributed by atoms with E-state index < -0.39 is 0 Å². The molecular formula is C13H25NO. The van der Waals surface area contributed by atoms with Gasteiger partial charge in [-0.1, -0.05) is 19.3 Å². The van der Waals surface area contributed by atoms with E-state index >= 15 is 0 Å². The minimum Gasteiger partial charge on any atom is -0.389 e. The van der Waals surface area contributed by atoms with Gasteiger partial charge in [0.2, 0.25) is 0 Å². The molecule has 0 spiro atoms. The Bertz CT molecular complexity index is 207. The van der Waals surface area contributed by atoms with Crippen molar-refractivity contribution in [3.05, 3.63) is 0 Å². The van der Waals surface area contributed by atoms with E-state index in [4.69, 9.17) is 0 Å². The Morgan fingerprint density at radius 2 is 1.87 bits per heavy atom. The monoisotopic (exact) mass is 211 g/mol. The molecule has 0 aromatic heterocycles. The van der Waals surface area contributed by atoms with E-state index in [9.17, 15) is 5.11 Å². The normalized spacial score (nSPS) is 28.0. The number of likely N-dealkylation sites (N-methyl/N-ethyl adjacent to an activating group) is 1. The molecule has 0 amide bonds. The van der Waals surface area contributed by atoms with Crippen LogP contribution in [0.5, 0.6) is 0 Å². The second kappa shape index (κ2) is 4.42. The van der Waals surface area contributed by atoms with Gasteiger partial charge in [0.1, 0.15) is 0 Å². The van der Waals surface area contributed by atoms with Gasteiger partial charge in [0, 0.05) is 12.6 Å². The average molecular weight is 211 g/mol. The van der Waals surface area contributed by atoms with Crippen LogP contribution in [0.2, 0.25) is 0 Å². The molecule has 1 atom stereocenters. The first kappa shape index (κ1) is 11.4. The summed E-state index contributed by atoms with van der Waals surface area (Å²) in [5, 5.41) is 10.5. The van der Waals surface area contributed by atoms with Crippen LogP contribution in [-0.4, -0.2) is 35.2 Å². The van der Waals surface area contributed by atoms with Crippen LogP contribution < -0.4 is 0 Å². The predicted octanol–water partition coefficient (Wildman–Crippen LogP) is 2.41. The maximum absolute atomic E-state index is 10.5. The van der Waals surface area contributed by atoms with Crippen LogP contribution in [0.3, 0.4) is 0 Å². The molecule has 0 bridgehead atoms. The van der Waals surface area contributed by atoms with Crippen molar-refractivity contribution in [1.82, 2.24) is 4.90 Å². The Hall–Kier alpha value is -0.0800. The SMILES string of the molecule is CC(C1CC1)N(C)CC1(O)CCCCC1. The summed E-state index contributed by atoms with van der Waals surface area (Å²) < 4.78 is 0. The van der Waals surface area contributed by atoms with Gasteiger partial charge in [-0.25, -0.2) is 0 Å². The van der Waals surface area contributed by atoms with E-state index in [-0.39, 0.29) is 5.60 Å². The highest BCUT2D eigenvalue weighted by molar-refractivity contribution is 4.90. The molecule has 2 saturated carbocycles. The molecule has 0 aliphatic heterocycles. The predicted molar refractivity (Wildman–Crippen MR) is 62.9 cm³/mol. The Balaban J connectivity index is 1.82. The van der Waals surface area contributed by atoms with Crippen molar-refractivity contribution >= 4 is 0 Å². The van der Waals surface area contributed by atoms with E-state index in [2.05, 4.69) is 18.9 Å². The minimum atomic E-state index is -0.379. The number of rotatable bonds is 4. The van der Waals surface area contributed by atoms with Gasteiger partial charge in [0.25, 0.3) is 0 Å². The number of aliphatic hydroxyl groups is 1. The third-order valence-corrected chi connectivity index (χ3v) is 4.33. The summed E-state index contributed by atoms with van der Waals surface area (Å²) in [7, 11) is 2.18. The van der Waals surface area contributed by atoms with E-state index in [1.54, 1.807) is 0 Å². The highest BCUT2D eigenvalue weighted by Crippen LogP contribution is 2.36. The lowest BCUT2D eigenvalue weighted by Crippen LogP contribution is -2.46. The zero-order valence-electron chi connectivity index (χ0n) is 10.2. The van der Waals surface area contributed by atoms with Crippen molar-refractivity contribution in [3.8, 4) is 0 Å². The van der Waals surface area contributed by atoms with Gasteiger partial charge >= 0.3 is 0 Å². The molecule has 1 unspecified atom stereocenters. The lowest BCUT2D eigenvalue weighted by molar-refractivity contribution is -0.0295. The maximum atomic E-state index is 10.5. The fourth-order valence-corrected chi connectivity index (χ4v) is 2.91. The fourth-order valence-electron chi connectivity index (χ4n) is 2.91. The van der Waals surface area contributed by atoms with Crippen LogP contribution in [0.25, 0.3) is 0 Å². The van der Waals surface area contributed by atoms with E-state index in [1.165, 1.54) is 32.1 Å². The van der Waals surface area contributed by atoms with Crippen molar-refractivity contribution in [2.24, 2.45) is 5.92 Å². The lowest BCUT2D eigenvalue weighted by atomic mass is 9.84. The molecule has 0 aromatic carbocycles. The van der Waals surface area contributed by atoms with Crippen LogP contribution in [0.15, 0.2) is 0 Å². The number of nitrogens with zero attached hydrogens (tertiary/aromatic N) is 1. The second-order valence-corrected chi connectivity index (χ2v) is 5.78. The second-order valence-electron chi connectivity index (χ2n) is 5.78. The Morgan fingerprint density at radius 3 is 2.40 bits per heavy atom. The van der Waals surface area contributed by atoms with E-state index in [1.807, 2.05) is 0 Å². The molecule has 88 valence electrons. The van der Waals surface area contributed by atoms with Gasteiger partial charge < -0.3 is 10.0 Å². The molecule has 15 heavy (non-hydrogen) atoms.